The lowest BCUT2D eigenvalue weighted by Gasteiger charge is -2.59. The van der Waals surface area contributed by atoms with Gasteiger partial charge in [-0.15, -0.1) is 0 Å². The van der Waals surface area contributed by atoms with Crippen LogP contribution in [-0.4, -0.2) is 27.1 Å². The van der Waals surface area contributed by atoms with Gasteiger partial charge in [0.1, 0.15) is 0 Å². The van der Waals surface area contributed by atoms with Gasteiger partial charge in [0, 0.05) is 8.84 Å². The molecule has 3 rings (SSSR count). The Morgan fingerprint density at radius 2 is 1.90 bits per heavy atom. The molecule has 0 aromatic rings. The Labute approximate surface area is 195 Å². The highest BCUT2D eigenvalue weighted by Crippen LogP contribution is 2.63. The summed E-state index contributed by atoms with van der Waals surface area (Å²) in [6, 6.07) is 0. The van der Waals surface area contributed by atoms with Crippen molar-refractivity contribution in [2.24, 2.45) is 28.1 Å². The predicted octanol–water partition coefficient (Wildman–Crippen LogP) is 6.56. The maximum absolute atomic E-state index is 12.5. The Morgan fingerprint density at radius 1 is 1.20 bits per heavy atom. The molecule has 30 heavy (non-hydrogen) atoms. The van der Waals surface area contributed by atoms with Crippen molar-refractivity contribution in [1.29, 1.82) is 0 Å². The van der Waals surface area contributed by atoms with Crippen LogP contribution in [0.3, 0.4) is 0 Å². The minimum Gasteiger partial charge on any atom is -0.481 e. The van der Waals surface area contributed by atoms with Crippen LogP contribution in [0.15, 0.2) is 11.6 Å². The molecule has 0 heterocycles. The van der Waals surface area contributed by atoms with Crippen molar-refractivity contribution in [1.82, 2.24) is 0 Å². The molecule has 1 N–H and O–H groups in total. The van der Waals surface area contributed by atoms with Crippen LogP contribution >= 0.6 is 22.6 Å². The molecule has 0 spiro atoms. The molecule has 0 amide bonds. The number of carboxylic acids is 1. The van der Waals surface area contributed by atoms with Gasteiger partial charge in [0.25, 0.3) is 0 Å². The van der Waals surface area contributed by atoms with Gasteiger partial charge in [-0.05, 0) is 61.2 Å². The first kappa shape index (κ1) is 24.1. The molecule has 2 saturated carbocycles. The van der Waals surface area contributed by atoms with Gasteiger partial charge in [0.2, 0.25) is 0 Å². The molecule has 5 atom stereocenters. The van der Waals surface area contributed by atoms with Crippen LogP contribution in [-0.2, 0) is 14.3 Å². The number of carbonyl (C=O) groups is 2. The average molecular weight is 530 g/mol. The van der Waals surface area contributed by atoms with Crippen LogP contribution in [0, 0.1) is 28.1 Å². The maximum Gasteiger partial charge on any atom is 0.306 e. The van der Waals surface area contributed by atoms with Gasteiger partial charge in [-0.3, -0.25) is 9.59 Å². The molecule has 2 unspecified atom stereocenters. The number of hydrogen-bond donors (Lipinski definition) is 1. The summed E-state index contributed by atoms with van der Waals surface area (Å²) in [4.78, 5) is 23.6. The number of aliphatic carboxylic acids is 1. The fourth-order valence-corrected chi connectivity index (χ4v) is 7.59. The monoisotopic (exact) mass is 530 g/mol. The van der Waals surface area contributed by atoms with Crippen LogP contribution in [0.25, 0.3) is 0 Å². The second-order valence-electron chi connectivity index (χ2n) is 11.8. The first-order chi connectivity index (χ1) is 13.8. The quantitative estimate of drug-likeness (QED) is 0.183. The number of ether oxygens (including phenoxy) is 1. The van der Waals surface area contributed by atoms with E-state index in [1.54, 1.807) is 5.57 Å². The van der Waals surface area contributed by atoms with E-state index in [-0.39, 0.29) is 29.6 Å². The predicted molar refractivity (Wildman–Crippen MR) is 128 cm³/mol. The van der Waals surface area contributed by atoms with Crippen LogP contribution in [0.1, 0.15) is 92.4 Å². The molecule has 4 nitrogen and oxygen atoms in total. The maximum atomic E-state index is 12.5. The number of allylic oxidation sites excluding steroid dienone is 2. The smallest absolute Gasteiger partial charge is 0.306 e. The summed E-state index contributed by atoms with van der Waals surface area (Å²) < 4.78 is 6.19. The van der Waals surface area contributed by atoms with Crippen molar-refractivity contribution in [3.05, 3.63) is 11.6 Å². The second-order valence-corrected chi connectivity index (χ2v) is 14.4. The number of halogens is 1. The van der Waals surface area contributed by atoms with Crippen molar-refractivity contribution < 1.29 is 19.4 Å². The molecule has 3 aliphatic rings. The standard InChI is InChI=1S/C25H39IO4/c1-22(2,14-20(27)28)15-21(29)30-16-23(3)10-6-11-25(5)18-9-12-24(4,26)13-17(18)7-8-19(23)25/h9,17,19H,6-8,10-16H2,1-5H3,(H,27,28)/t17?,19?,23-,24-,25-/m0/s1. The Hall–Kier alpha value is -0.590. The third-order valence-electron chi connectivity index (χ3n) is 8.19. The van der Waals surface area contributed by atoms with Gasteiger partial charge in [-0.2, -0.15) is 0 Å². The van der Waals surface area contributed by atoms with Crippen molar-refractivity contribution in [2.45, 2.75) is 95.8 Å². The van der Waals surface area contributed by atoms with Gasteiger partial charge in [-0.1, -0.05) is 75.3 Å². The number of rotatable bonds is 6. The highest BCUT2D eigenvalue weighted by Gasteiger charge is 2.55. The topological polar surface area (TPSA) is 63.6 Å². The molecule has 170 valence electrons. The van der Waals surface area contributed by atoms with Crippen molar-refractivity contribution in [3.8, 4) is 0 Å². The van der Waals surface area contributed by atoms with Gasteiger partial charge in [0.05, 0.1) is 19.4 Å². The first-order valence-electron chi connectivity index (χ1n) is 11.5. The lowest BCUT2D eigenvalue weighted by atomic mass is 9.47. The number of fused-ring (bicyclic) bond motifs is 3. The van der Waals surface area contributed by atoms with Gasteiger partial charge < -0.3 is 9.84 Å². The summed E-state index contributed by atoms with van der Waals surface area (Å²) in [7, 11) is 0. The molecule has 2 fully saturated rings. The van der Waals surface area contributed by atoms with Crippen molar-refractivity contribution in [2.75, 3.05) is 6.61 Å². The number of carboxylic acid groups (broad SMARTS) is 1. The van der Waals surface area contributed by atoms with E-state index in [4.69, 9.17) is 9.84 Å². The average Bonchev–Trinajstić information content (AvgIpc) is 2.57. The zero-order chi connectivity index (χ0) is 22.4. The van der Waals surface area contributed by atoms with Crippen molar-refractivity contribution >= 4 is 34.5 Å². The van der Waals surface area contributed by atoms with E-state index in [1.165, 1.54) is 32.1 Å². The largest absolute Gasteiger partial charge is 0.481 e. The summed E-state index contributed by atoms with van der Waals surface area (Å²) in [6.07, 6.45) is 11.1. The van der Waals surface area contributed by atoms with Crippen LogP contribution in [0.5, 0.6) is 0 Å². The van der Waals surface area contributed by atoms with Gasteiger partial charge in [-0.25, -0.2) is 0 Å². The fraction of sp³-hybridized carbons (Fsp3) is 0.840. The molecule has 0 radical (unpaired) electrons. The van der Waals surface area contributed by atoms with Crippen LogP contribution < -0.4 is 0 Å². The molecular formula is C25H39IO4. The highest BCUT2D eigenvalue weighted by molar-refractivity contribution is 14.1. The molecule has 0 saturated heterocycles. The molecule has 0 aromatic carbocycles. The lowest BCUT2D eigenvalue weighted by molar-refractivity contribution is -0.155. The lowest BCUT2D eigenvalue weighted by Crippen LogP contribution is -2.52. The summed E-state index contributed by atoms with van der Waals surface area (Å²) in [5.74, 6) is 0.118. The molecule has 0 aliphatic heterocycles. The van der Waals surface area contributed by atoms with Crippen LogP contribution in [0.4, 0.5) is 0 Å². The van der Waals surface area contributed by atoms with E-state index in [0.29, 0.717) is 21.9 Å². The van der Waals surface area contributed by atoms with E-state index in [9.17, 15) is 9.59 Å². The van der Waals surface area contributed by atoms with E-state index >= 15 is 0 Å². The Bertz CT molecular complexity index is 725. The number of alkyl halides is 1. The molecule has 5 heteroatoms. The number of esters is 1. The molecule has 0 aromatic heterocycles. The van der Waals surface area contributed by atoms with E-state index in [0.717, 1.165) is 12.8 Å². The van der Waals surface area contributed by atoms with Gasteiger partial charge >= 0.3 is 11.9 Å². The molecule has 0 bridgehead atoms. The van der Waals surface area contributed by atoms with E-state index in [1.807, 2.05) is 13.8 Å². The summed E-state index contributed by atoms with van der Waals surface area (Å²) >= 11 is 2.64. The summed E-state index contributed by atoms with van der Waals surface area (Å²) in [5.41, 5.74) is 1.32. The van der Waals surface area contributed by atoms with E-state index in [2.05, 4.69) is 49.4 Å². The number of carbonyl (C=O) groups excluding carboxylic acids is 1. The zero-order valence-electron chi connectivity index (χ0n) is 19.4. The summed E-state index contributed by atoms with van der Waals surface area (Å²) in [6.45, 7) is 11.3. The molecule has 3 aliphatic carbocycles. The SMILES string of the molecule is CC(C)(CC(=O)O)CC(=O)OC[C@]1(C)CCC[C@@]2(C)C3=CC[C@](C)(I)CC3CCC12. The Morgan fingerprint density at radius 3 is 2.57 bits per heavy atom. The minimum absolute atomic E-state index is 0.00349. The Balaban J connectivity index is 1.70. The van der Waals surface area contributed by atoms with Gasteiger partial charge in [0.15, 0.2) is 0 Å². The second kappa shape index (κ2) is 8.40. The third kappa shape index (κ3) is 5.07. The zero-order valence-corrected chi connectivity index (χ0v) is 21.5. The normalized spacial score (nSPS) is 38.8. The van der Waals surface area contributed by atoms with E-state index < -0.39 is 11.4 Å². The number of hydrogen-bond acceptors (Lipinski definition) is 3. The Kier molecular flexibility index (Phi) is 6.74. The first-order valence-corrected chi connectivity index (χ1v) is 12.6. The highest BCUT2D eigenvalue weighted by atomic mass is 127. The fourth-order valence-electron chi connectivity index (χ4n) is 6.84. The summed E-state index contributed by atoms with van der Waals surface area (Å²) in [5, 5.41) is 9.06. The van der Waals surface area contributed by atoms with Crippen LogP contribution in [0.2, 0.25) is 0 Å². The van der Waals surface area contributed by atoms with Crippen molar-refractivity contribution in [3.63, 3.8) is 0 Å². The molecular weight excluding hydrogens is 491 g/mol. The minimum atomic E-state index is -0.872. The third-order valence-corrected chi connectivity index (χ3v) is 9.07.